The first-order valence-corrected chi connectivity index (χ1v) is 6.28. The van der Waals surface area contributed by atoms with E-state index in [-0.39, 0.29) is 12.5 Å². The van der Waals surface area contributed by atoms with Gasteiger partial charge in [0.05, 0.1) is 7.11 Å². The number of likely N-dealkylation sites (tertiary alicyclic amines) is 1. The molecule has 0 atom stereocenters. The number of hydrogen-bond acceptors (Lipinski definition) is 4. The zero-order valence-electron chi connectivity index (χ0n) is 10.9. The van der Waals surface area contributed by atoms with Gasteiger partial charge in [-0.15, -0.1) is 0 Å². The fraction of sp³-hybridized carbons (Fsp3) is 0.429. The summed E-state index contributed by atoms with van der Waals surface area (Å²) in [6.45, 7) is 1.57. The number of carbonyl (C=O) groups excluding carboxylic acids is 2. The largest absolute Gasteiger partial charge is 0.493 e. The van der Waals surface area contributed by atoms with E-state index in [1.165, 1.54) is 7.11 Å². The standard InChI is InChI=1S/C14H17NO4/c1-18-12-5-4-11(9-16)8-13(12)19-10-14(17)15-6-2-3-7-15/h4-5,8-9H,2-3,6-7,10H2,1H3. The third-order valence-electron chi connectivity index (χ3n) is 3.13. The number of amides is 1. The van der Waals surface area contributed by atoms with E-state index in [4.69, 9.17) is 9.47 Å². The van der Waals surface area contributed by atoms with Crippen LogP contribution in [0.5, 0.6) is 11.5 Å². The average Bonchev–Trinajstić information content (AvgIpc) is 2.98. The summed E-state index contributed by atoms with van der Waals surface area (Å²) in [6.07, 6.45) is 2.83. The fourth-order valence-electron chi connectivity index (χ4n) is 2.08. The number of nitrogens with zero attached hydrogens (tertiary/aromatic N) is 1. The minimum Gasteiger partial charge on any atom is -0.493 e. The summed E-state index contributed by atoms with van der Waals surface area (Å²) in [7, 11) is 1.52. The Morgan fingerprint density at radius 2 is 2.05 bits per heavy atom. The maximum atomic E-state index is 11.9. The number of benzene rings is 1. The molecule has 1 amide bonds. The second kappa shape index (κ2) is 6.22. The van der Waals surface area contributed by atoms with Crippen molar-refractivity contribution in [3.63, 3.8) is 0 Å². The Balaban J connectivity index is 2.01. The molecule has 0 unspecified atom stereocenters. The van der Waals surface area contributed by atoms with Gasteiger partial charge in [0, 0.05) is 18.7 Å². The van der Waals surface area contributed by atoms with Crippen LogP contribution in [0, 0.1) is 0 Å². The molecule has 0 bridgehead atoms. The van der Waals surface area contributed by atoms with E-state index in [2.05, 4.69) is 0 Å². The van der Waals surface area contributed by atoms with E-state index in [1.54, 1.807) is 23.1 Å². The van der Waals surface area contributed by atoms with E-state index in [9.17, 15) is 9.59 Å². The fourth-order valence-corrected chi connectivity index (χ4v) is 2.08. The van der Waals surface area contributed by atoms with Crippen LogP contribution >= 0.6 is 0 Å². The van der Waals surface area contributed by atoms with Gasteiger partial charge in [0.15, 0.2) is 18.1 Å². The summed E-state index contributed by atoms with van der Waals surface area (Å²) < 4.78 is 10.6. The van der Waals surface area contributed by atoms with Crippen molar-refractivity contribution in [1.82, 2.24) is 4.90 Å². The minimum absolute atomic E-state index is 0.0291. The van der Waals surface area contributed by atoms with Gasteiger partial charge in [-0.25, -0.2) is 0 Å². The smallest absolute Gasteiger partial charge is 0.260 e. The molecule has 1 aliphatic heterocycles. The summed E-state index contributed by atoms with van der Waals surface area (Å²) in [4.78, 5) is 24.4. The molecule has 0 aliphatic carbocycles. The molecule has 0 saturated carbocycles. The van der Waals surface area contributed by atoms with Crippen LogP contribution in [0.25, 0.3) is 0 Å². The number of hydrogen-bond donors (Lipinski definition) is 0. The predicted molar refractivity (Wildman–Crippen MR) is 69.7 cm³/mol. The number of methoxy groups -OCH3 is 1. The lowest BCUT2D eigenvalue weighted by atomic mass is 10.2. The quantitative estimate of drug-likeness (QED) is 0.756. The van der Waals surface area contributed by atoms with Crippen molar-refractivity contribution in [3.8, 4) is 11.5 Å². The Kier molecular flexibility index (Phi) is 4.39. The van der Waals surface area contributed by atoms with Crippen molar-refractivity contribution in [3.05, 3.63) is 23.8 Å². The Morgan fingerprint density at radius 1 is 1.32 bits per heavy atom. The molecule has 5 heteroatoms. The Morgan fingerprint density at radius 3 is 2.68 bits per heavy atom. The summed E-state index contributed by atoms with van der Waals surface area (Å²) >= 11 is 0. The molecule has 1 saturated heterocycles. The zero-order valence-corrected chi connectivity index (χ0v) is 10.9. The van der Waals surface area contributed by atoms with Crippen molar-refractivity contribution in [2.75, 3.05) is 26.8 Å². The molecule has 1 fully saturated rings. The molecule has 1 heterocycles. The summed E-state index contributed by atoms with van der Waals surface area (Å²) in [5, 5.41) is 0. The van der Waals surface area contributed by atoms with Crippen LogP contribution in [0.2, 0.25) is 0 Å². The van der Waals surface area contributed by atoms with E-state index >= 15 is 0 Å². The molecule has 19 heavy (non-hydrogen) atoms. The number of rotatable bonds is 5. The van der Waals surface area contributed by atoms with Crippen LogP contribution in [-0.4, -0.2) is 43.9 Å². The van der Waals surface area contributed by atoms with Crippen molar-refractivity contribution in [2.24, 2.45) is 0 Å². The van der Waals surface area contributed by atoms with Crippen LogP contribution in [0.15, 0.2) is 18.2 Å². The first kappa shape index (κ1) is 13.4. The molecule has 0 spiro atoms. The highest BCUT2D eigenvalue weighted by atomic mass is 16.5. The van der Waals surface area contributed by atoms with Gasteiger partial charge in [0.1, 0.15) is 6.29 Å². The molecule has 2 rings (SSSR count). The lowest BCUT2D eigenvalue weighted by molar-refractivity contribution is -0.132. The monoisotopic (exact) mass is 263 g/mol. The number of carbonyl (C=O) groups is 2. The van der Waals surface area contributed by atoms with Crippen LogP contribution in [0.1, 0.15) is 23.2 Å². The lowest BCUT2D eigenvalue weighted by Crippen LogP contribution is -2.32. The zero-order chi connectivity index (χ0) is 13.7. The SMILES string of the molecule is COc1ccc(C=O)cc1OCC(=O)N1CCCC1. The molecular formula is C14H17NO4. The highest BCUT2D eigenvalue weighted by molar-refractivity contribution is 5.79. The third-order valence-corrected chi connectivity index (χ3v) is 3.13. The molecule has 1 aromatic carbocycles. The van der Waals surface area contributed by atoms with E-state index in [1.807, 2.05) is 0 Å². The van der Waals surface area contributed by atoms with Crippen molar-refractivity contribution >= 4 is 12.2 Å². The summed E-state index contributed by atoms with van der Waals surface area (Å²) in [5.41, 5.74) is 0.490. The van der Waals surface area contributed by atoms with Crippen molar-refractivity contribution in [2.45, 2.75) is 12.8 Å². The molecule has 102 valence electrons. The van der Waals surface area contributed by atoms with Crippen molar-refractivity contribution in [1.29, 1.82) is 0 Å². The van der Waals surface area contributed by atoms with Gasteiger partial charge >= 0.3 is 0 Å². The maximum Gasteiger partial charge on any atom is 0.260 e. The van der Waals surface area contributed by atoms with E-state index in [0.29, 0.717) is 17.1 Å². The molecule has 1 aromatic rings. The average molecular weight is 263 g/mol. The Bertz CT molecular complexity index is 467. The maximum absolute atomic E-state index is 11.9. The predicted octanol–water partition coefficient (Wildman–Crippen LogP) is 1.51. The van der Waals surface area contributed by atoms with E-state index in [0.717, 1.165) is 32.2 Å². The van der Waals surface area contributed by atoms with Gasteiger partial charge in [-0.3, -0.25) is 9.59 Å². The van der Waals surface area contributed by atoms with Gasteiger partial charge in [0.25, 0.3) is 5.91 Å². The van der Waals surface area contributed by atoms with Gasteiger partial charge in [-0.1, -0.05) is 0 Å². The minimum atomic E-state index is -0.0314. The molecule has 1 aliphatic rings. The Labute approximate surface area is 112 Å². The Hall–Kier alpha value is -2.04. The first-order valence-electron chi connectivity index (χ1n) is 6.28. The third kappa shape index (κ3) is 3.24. The number of aldehydes is 1. The summed E-state index contributed by atoms with van der Waals surface area (Å²) in [6, 6.07) is 4.86. The van der Waals surface area contributed by atoms with Gasteiger partial charge in [0.2, 0.25) is 0 Å². The highest BCUT2D eigenvalue weighted by Crippen LogP contribution is 2.27. The molecule has 0 radical (unpaired) electrons. The normalized spacial score (nSPS) is 14.3. The van der Waals surface area contributed by atoms with Gasteiger partial charge < -0.3 is 14.4 Å². The number of ether oxygens (including phenoxy) is 2. The van der Waals surface area contributed by atoms with Crippen LogP contribution in [0.4, 0.5) is 0 Å². The van der Waals surface area contributed by atoms with E-state index < -0.39 is 0 Å². The first-order chi connectivity index (χ1) is 9.24. The molecular weight excluding hydrogens is 246 g/mol. The molecule has 5 nitrogen and oxygen atoms in total. The second-order valence-corrected chi connectivity index (χ2v) is 4.40. The topological polar surface area (TPSA) is 55.8 Å². The summed E-state index contributed by atoms with van der Waals surface area (Å²) in [5.74, 6) is 0.899. The second-order valence-electron chi connectivity index (χ2n) is 4.40. The molecule has 0 N–H and O–H groups in total. The lowest BCUT2D eigenvalue weighted by Gasteiger charge is -2.16. The van der Waals surface area contributed by atoms with Crippen LogP contribution in [-0.2, 0) is 4.79 Å². The van der Waals surface area contributed by atoms with Crippen LogP contribution in [0.3, 0.4) is 0 Å². The van der Waals surface area contributed by atoms with Crippen LogP contribution < -0.4 is 9.47 Å². The highest BCUT2D eigenvalue weighted by Gasteiger charge is 2.18. The van der Waals surface area contributed by atoms with Gasteiger partial charge in [-0.05, 0) is 31.0 Å². The molecule has 0 aromatic heterocycles. The van der Waals surface area contributed by atoms with Crippen molar-refractivity contribution < 1.29 is 19.1 Å². The van der Waals surface area contributed by atoms with Gasteiger partial charge in [-0.2, -0.15) is 0 Å².